The van der Waals surface area contributed by atoms with E-state index in [2.05, 4.69) is 29.4 Å². The van der Waals surface area contributed by atoms with E-state index >= 15 is 0 Å². The molecule has 0 aliphatic carbocycles. The van der Waals surface area contributed by atoms with Crippen LogP contribution in [0.5, 0.6) is 0 Å². The summed E-state index contributed by atoms with van der Waals surface area (Å²) in [4.78, 5) is 26.2. The number of piperidine rings is 1. The Morgan fingerprint density at radius 2 is 1.88 bits per heavy atom. The number of amides is 2. The maximum atomic E-state index is 12.0. The van der Waals surface area contributed by atoms with Crippen molar-refractivity contribution in [2.45, 2.75) is 27.2 Å². The summed E-state index contributed by atoms with van der Waals surface area (Å²) in [7, 11) is 0. The largest absolute Gasteiger partial charge is 0.346 e. The highest BCUT2D eigenvalue weighted by Gasteiger charge is 2.23. The molecule has 1 fully saturated rings. The maximum Gasteiger partial charge on any atom is 0.243 e. The van der Waals surface area contributed by atoms with E-state index in [1.54, 1.807) is 18.2 Å². The fraction of sp³-hybridized carbons (Fsp3) is 0.556. The maximum absolute atomic E-state index is 12.0. The minimum Gasteiger partial charge on any atom is -0.346 e. The van der Waals surface area contributed by atoms with Crippen LogP contribution in [0.25, 0.3) is 0 Å². The summed E-state index contributed by atoms with van der Waals surface area (Å²) < 4.78 is 0. The first-order valence-electron chi connectivity index (χ1n) is 8.39. The molecular weight excluding hydrogens is 326 g/mol. The quantitative estimate of drug-likeness (QED) is 0.857. The van der Waals surface area contributed by atoms with E-state index in [1.165, 1.54) is 6.42 Å². The Bertz CT molecular complexity index is 596. The zero-order valence-corrected chi connectivity index (χ0v) is 15.3. The van der Waals surface area contributed by atoms with E-state index in [0.717, 1.165) is 18.7 Å². The molecule has 1 aliphatic rings. The molecule has 1 heterocycles. The number of carbonyl (C=O) groups is 2. The van der Waals surface area contributed by atoms with Crippen LogP contribution in [-0.4, -0.2) is 42.9 Å². The molecule has 2 amide bonds. The molecule has 0 saturated carbocycles. The van der Waals surface area contributed by atoms with Gasteiger partial charge in [0.1, 0.15) is 0 Å². The van der Waals surface area contributed by atoms with Crippen LogP contribution in [0.1, 0.15) is 25.8 Å². The van der Waals surface area contributed by atoms with Gasteiger partial charge in [0.15, 0.2) is 0 Å². The standard InChI is InChI=1S/C18H26ClN3O2/c1-12-7-13(2)10-22(9-12)11-18(24)20-8-17(23)21-16-6-4-5-15(19)14(16)3/h4-6,12-13H,7-11H2,1-3H3,(H,20,24)(H,21,23). The van der Waals surface area contributed by atoms with Crippen LogP contribution in [0.3, 0.4) is 0 Å². The first kappa shape index (κ1) is 18.7. The van der Waals surface area contributed by atoms with Crippen LogP contribution in [0.2, 0.25) is 5.02 Å². The van der Waals surface area contributed by atoms with Gasteiger partial charge in [-0.15, -0.1) is 0 Å². The zero-order valence-electron chi connectivity index (χ0n) is 14.6. The lowest BCUT2D eigenvalue weighted by Crippen LogP contribution is -2.45. The number of hydrogen-bond acceptors (Lipinski definition) is 3. The number of carbonyl (C=O) groups excluding carboxylic acids is 2. The van der Waals surface area contributed by atoms with Gasteiger partial charge in [-0.05, 0) is 42.9 Å². The van der Waals surface area contributed by atoms with Crippen molar-refractivity contribution in [3.05, 3.63) is 28.8 Å². The Morgan fingerprint density at radius 3 is 2.54 bits per heavy atom. The molecule has 0 radical (unpaired) electrons. The van der Waals surface area contributed by atoms with Gasteiger partial charge in [0.25, 0.3) is 0 Å². The Morgan fingerprint density at radius 1 is 1.21 bits per heavy atom. The molecule has 0 aromatic heterocycles. The van der Waals surface area contributed by atoms with Gasteiger partial charge in [-0.25, -0.2) is 0 Å². The van der Waals surface area contributed by atoms with Crippen molar-refractivity contribution in [1.29, 1.82) is 0 Å². The molecule has 2 unspecified atom stereocenters. The topological polar surface area (TPSA) is 61.4 Å². The van der Waals surface area contributed by atoms with Crippen LogP contribution < -0.4 is 10.6 Å². The number of likely N-dealkylation sites (tertiary alicyclic amines) is 1. The fourth-order valence-corrected chi connectivity index (χ4v) is 3.47. The Labute approximate surface area is 148 Å². The molecule has 2 rings (SSSR count). The van der Waals surface area contributed by atoms with E-state index < -0.39 is 0 Å². The average molecular weight is 352 g/mol. The molecule has 0 spiro atoms. The van der Waals surface area contributed by atoms with Crippen molar-refractivity contribution in [3.63, 3.8) is 0 Å². The van der Waals surface area contributed by atoms with E-state index in [9.17, 15) is 9.59 Å². The molecule has 6 heteroatoms. The summed E-state index contributed by atoms with van der Waals surface area (Å²) >= 11 is 6.03. The van der Waals surface area contributed by atoms with Gasteiger partial charge in [-0.2, -0.15) is 0 Å². The van der Waals surface area contributed by atoms with Crippen molar-refractivity contribution in [2.75, 3.05) is 31.5 Å². The highest BCUT2D eigenvalue weighted by Crippen LogP contribution is 2.22. The molecule has 24 heavy (non-hydrogen) atoms. The first-order valence-corrected chi connectivity index (χ1v) is 8.77. The second kappa shape index (κ2) is 8.49. The van der Waals surface area contributed by atoms with E-state index in [-0.39, 0.29) is 18.4 Å². The van der Waals surface area contributed by atoms with Crippen LogP contribution in [-0.2, 0) is 9.59 Å². The fourth-order valence-electron chi connectivity index (χ4n) is 3.30. The van der Waals surface area contributed by atoms with Crippen LogP contribution >= 0.6 is 11.6 Å². The molecule has 1 aliphatic heterocycles. The lowest BCUT2D eigenvalue weighted by atomic mass is 9.92. The van der Waals surface area contributed by atoms with Crippen LogP contribution in [0.4, 0.5) is 5.69 Å². The molecule has 2 atom stereocenters. The average Bonchev–Trinajstić information content (AvgIpc) is 2.49. The van der Waals surface area contributed by atoms with E-state index in [0.29, 0.717) is 29.1 Å². The molecule has 5 nitrogen and oxygen atoms in total. The van der Waals surface area contributed by atoms with Gasteiger partial charge in [-0.1, -0.05) is 31.5 Å². The number of anilines is 1. The molecule has 1 saturated heterocycles. The highest BCUT2D eigenvalue weighted by molar-refractivity contribution is 6.31. The molecule has 0 bridgehead atoms. The summed E-state index contributed by atoms with van der Waals surface area (Å²) in [5.74, 6) is 0.842. The minimum atomic E-state index is -0.255. The molecule has 1 aromatic carbocycles. The number of nitrogens with zero attached hydrogens (tertiary/aromatic N) is 1. The minimum absolute atomic E-state index is 0.0380. The Kier molecular flexibility index (Phi) is 6.63. The van der Waals surface area contributed by atoms with E-state index in [1.807, 2.05) is 6.92 Å². The normalized spacial score (nSPS) is 21.3. The Balaban J connectivity index is 1.77. The van der Waals surface area contributed by atoms with Crippen molar-refractivity contribution in [2.24, 2.45) is 11.8 Å². The SMILES string of the molecule is Cc1c(Cl)cccc1NC(=O)CNC(=O)CN1CC(C)CC(C)C1. The number of rotatable bonds is 5. The predicted octanol–water partition coefficient (Wildman–Crippen LogP) is 2.68. The number of benzene rings is 1. The zero-order chi connectivity index (χ0) is 17.7. The molecule has 132 valence electrons. The predicted molar refractivity (Wildman–Crippen MR) is 97.2 cm³/mol. The third-order valence-corrected chi connectivity index (χ3v) is 4.71. The molecular formula is C18H26ClN3O2. The van der Waals surface area contributed by atoms with Gasteiger partial charge < -0.3 is 10.6 Å². The van der Waals surface area contributed by atoms with Gasteiger partial charge in [0, 0.05) is 23.8 Å². The van der Waals surface area contributed by atoms with E-state index in [4.69, 9.17) is 11.6 Å². The van der Waals surface area contributed by atoms with Crippen molar-refractivity contribution >= 4 is 29.1 Å². The Hall–Kier alpha value is -1.59. The van der Waals surface area contributed by atoms with Gasteiger partial charge >= 0.3 is 0 Å². The van der Waals surface area contributed by atoms with Crippen molar-refractivity contribution in [1.82, 2.24) is 10.2 Å². The number of halogens is 1. The lowest BCUT2D eigenvalue weighted by molar-refractivity contribution is -0.125. The third kappa shape index (κ3) is 5.49. The lowest BCUT2D eigenvalue weighted by Gasteiger charge is -2.34. The highest BCUT2D eigenvalue weighted by atomic mass is 35.5. The van der Waals surface area contributed by atoms with Crippen molar-refractivity contribution < 1.29 is 9.59 Å². The summed E-state index contributed by atoms with van der Waals surface area (Å²) in [5, 5.41) is 6.06. The second-order valence-corrected chi connectivity index (χ2v) is 7.28. The summed E-state index contributed by atoms with van der Waals surface area (Å²) in [6.07, 6.45) is 1.21. The summed E-state index contributed by atoms with van der Waals surface area (Å²) in [6, 6.07) is 5.34. The number of hydrogen-bond donors (Lipinski definition) is 2. The van der Waals surface area contributed by atoms with Crippen LogP contribution in [0.15, 0.2) is 18.2 Å². The van der Waals surface area contributed by atoms with Crippen molar-refractivity contribution in [3.8, 4) is 0 Å². The first-order chi connectivity index (χ1) is 11.3. The number of nitrogens with one attached hydrogen (secondary N) is 2. The smallest absolute Gasteiger partial charge is 0.243 e. The summed E-state index contributed by atoms with van der Waals surface area (Å²) in [6.45, 7) is 8.44. The monoisotopic (exact) mass is 351 g/mol. The van der Waals surface area contributed by atoms with Gasteiger partial charge in [0.2, 0.25) is 11.8 Å². The van der Waals surface area contributed by atoms with Gasteiger partial charge in [-0.3, -0.25) is 14.5 Å². The third-order valence-electron chi connectivity index (χ3n) is 4.30. The van der Waals surface area contributed by atoms with Crippen LogP contribution in [0, 0.1) is 18.8 Å². The second-order valence-electron chi connectivity index (χ2n) is 6.88. The van der Waals surface area contributed by atoms with Gasteiger partial charge in [0.05, 0.1) is 13.1 Å². The molecule has 2 N–H and O–H groups in total. The summed E-state index contributed by atoms with van der Waals surface area (Å²) in [5.41, 5.74) is 1.48. The molecule has 1 aromatic rings.